The van der Waals surface area contributed by atoms with Crippen LogP contribution in [0.25, 0.3) is 0 Å². The second-order valence-corrected chi connectivity index (χ2v) is 6.05. The van der Waals surface area contributed by atoms with E-state index in [1.54, 1.807) is 0 Å². The fraction of sp³-hybridized carbons (Fsp3) is 0.667. The average Bonchev–Trinajstić information content (AvgIpc) is 2.46. The van der Waals surface area contributed by atoms with Crippen LogP contribution in [0.1, 0.15) is 57.7 Å². The van der Waals surface area contributed by atoms with Crippen LogP contribution in [0.3, 0.4) is 0 Å². The van der Waals surface area contributed by atoms with E-state index >= 15 is 0 Å². The molecule has 0 radical (unpaired) electrons. The lowest BCUT2D eigenvalue weighted by atomic mass is 10.0. The van der Waals surface area contributed by atoms with Crippen molar-refractivity contribution in [2.24, 2.45) is 0 Å². The minimum Gasteiger partial charge on any atom is -0.310 e. The molecule has 0 spiro atoms. The molecular weight excluding hydrogens is 244 g/mol. The van der Waals surface area contributed by atoms with Crippen molar-refractivity contribution in [2.45, 2.75) is 59.0 Å². The van der Waals surface area contributed by atoms with Crippen LogP contribution in [0, 0.1) is 0 Å². The van der Waals surface area contributed by atoms with Crippen LogP contribution in [-0.4, -0.2) is 31.1 Å². The van der Waals surface area contributed by atoms with Gasteiger partial charge < -0.3 is 10.2 Å². The molecule has 0 saturated heterocycles. The van der Waals surface area contributed by atoms with Crippen molar-refractivity contribution >= 4 is 0 Å². The summed E-state index contributed by atoms with van der Waals surface area (Å²) in [7, 11) is 2.20. The van der Waals surface area contributed by atoms with Crippen molar-refractivity contribution in [1.82, 2.24) is 10.2 Å². The molecule has 1 rings (SSSR count). The quantitative estimate of drug-likeness (QED) is 0.685. The molecule has 0 aliphatic heterocycles. The summed E-state index contributed by atoms with van der Waals surface area (Å²) in [6, 6.07) is 10.1. The maximum atomic E-state index is 3.62. The number of rotatable bonds is 9. The molecule has 114 valence electrons. The van der Waals surface area contributed by atoms with Gasteiger partial charge in [0.1, 0.15) is 0 Å². The van der Waals surface area contributed by atoms with Crippen molar-refractivity contribution < 1.29 is 0 Å². The summed E-state index contributed by atoms with van der Waals surface area (Å²) in [5.74, 6) is 0. The highest BCUT2D eigenvalue weighted by Crippen LogP contribution is 2.13. The van der Waals surface area contributed by atoms with Gasteiger partial charge in [-0.15, -0.1) is 0 Å². The molecule has 0 heterocycles. The molecule has 0 saturated carbocycles. The minimum atomic E-state index is 0.448. The SMILES string of the molecule is CCc1ccc(C(C)NCCCCN(C)C(C)C)cc1. The van der Waals surface area contributed by atoms with Gasteiger partial charge in [0.2, 0.25) is 0 Å². The molecular formula is C18H32N2. The first-order valence-corrected chi connectivity index (χ1v) is 8.07. The van der Waals surface area contributed by atoms with Gasteiger partial charge in [0, 0.05) is 12.1 Å². The minimum absolute atomic E-state index is 0.448. The Bertz CT molecular complexity index is 356. The Kier molecular flexibility index (Phi) is 7.86. The van der Waals surface area contributed by atoms with E-state index in [1.807, 2.05) is 0 Å². The van der Waals surface area contributed by atoms with Gasteiger partial charge in [0.25, 0.3) is 0 Å². The van der Waals surface area contributed by atoms with E-state index in [9.17, 15) is 0 Å². The highest BCUT2D eigenvalue weighted by atomic mass is 15.1. The molecule has 1 N–H and O–H groups in total. The first-order chi connectivity index (χ1) is 9.54. The van der Waals surface area contributed by atoms with Gasteiger partial charge in [-0.1, -0.05) is 31.2 Å². The smallest absolute Gasteiger partial charge is 0.0291 e. The summed E-state index contributed by atoms with van der Waals surface area (Å²) < 4.78 is 0. The standard InChI is InChI=1S/C18H32N2/c1-6-17-9-11-18(12-10-17)16(4)19-13-7-8-14-20(5)15(2)3/h9-12,15-16,19H,6-8,13-14H2,1-5H3. The number of aryl methyl sites for hydroxylation is 1. The molecule has 1 atom stereocenters. The van der Waals surface area contributed by atoms with E-state index in [-0.39, 0.29) is 0 Å². The number of benzene rings is 1. The van der Waals surface area contributed by atoms with Crippen LogP contribution in [0.15, 0.2) is 24.3 Å². The summed E-state index contributed by atoms with van der Waals surface area (Å²) in [6.07, 6.45) is 3.63. The predicted molar refractivity (Wildman–Crippen MR) is 89.2 cm³/mol. The van der Waals surface area contributed by atoms with Crippen LogP contribution in [0.4, 0.5) is 0 Å². The van der Waals surface area contributed by atoms with Crippen molar-refractivity contribution in [3.05, 3.63) is 35.4 Å². The summed E-state index contributed by atoms with van der Waals surface area (Å²) in [6.45, 7) is 11.2. The lowest BCUT2D eigenvalue weighted by Crippen LogP contribution is -2.28. The van der Waals surface area contributed by atoms with Crippen molar-refractivity contribution in [1.29, 1.82) is 0 Å². The first kappa shape index (κ1) is 17.2. The lowest BCUT2D eigenvalue weighted by Gasteiger charge is -2.21. The number of hydrogen-bond acceptors (Lipinski definition) is 2. The maximum absolute atomic E-state index is 3.62. The maximum Gasteiger partial charge on any atom is 0.0291 e. The predicted octanol–water partition coefficient (Wildman–Crippen LogP) is 4.02. The molecule has 0 amide bonds. The summed E-state index contributed by atoms with van der Waals surface area (Å²) in [4.78, 5) is 2.41. The zero-order chi connectivity index (χ0) is 15.0. The number of nitrogens with zero attached hydrogens (tertiary/aromatic N) is 1. The van der Waals surface area contributed by atoms with Gasteiger partial charge in [0.15, 0.2) is 0 Å². The molecule has 0 aromatic heterocycles. The van der Waals surface area contributed by atoms with Gasteiger partial charge in [-0.2, -0.15) is 0 Å². The van der Waals surface area contributed by atoms with E-state index in [4.69, 9.17) is 0 Å². The second kappa shape index (κ2) is 9.15. The van der Waals surface area contributed by atoms with Crippen LogP contribution < -0.4 is 5.32 Å². The molecule has 0 bridgehead atoms. The molecule has 1 aromatic carbocycles. The van der Waals surface area contributed by atoms with E-state index < -0.39 is 0 Å². The zero-order valence-corrected chi connectivity index (χ0v) is 13.9. The average molecular weight is 276 g/mol. The Morgan fingerprint density at radius 3 is 2.25 bits per heavy atom. The van der Waals surface area contributed by atoms with Crippen LogP contribution >= 0.6 is 0 Å². The van der Waals surface area contributed by atoms with Crippen LogP contribution in [0.2, 0.25) is 0 Å². The normalized spacial score (nSPS) is 13.2. The molecule has 0 fully saturated rings. The first-order valence-electron chi connectivity index (χ1n) is 8.07. The van der Waals surface area contributed by atoms with Gasteiger partial charge >= 0.3 is 0 Å². The Balaban J connectivity index is 2.21. The largest absolute Gasteiger partial charge is 0.310 e. The number of nitrogens with one attached hydrogen (secondary N) is 1. The van der Waals surface area contributed by atoms with Gasteiger partial charge in [0.05, 0.1) is 0 Å². The molecule has 2 nitrogen and oxygen atoms in total. The highest BCUT2D eigenvalue weighted by Gasteiger charge is 2.05. The van der Waals surface area contributed by atoms with Crippen molar-refractivity contribution in [3.8, 4) is 0 Å². The van der Waals surface area contributed by atoms with Crippen LogP contribution in [-0.2, 0) is 6.42 Å². The summed E-state index contributed by atoms with van der Waals surface area (Å²) in [5.41, 5.74) is 2.80. The molecule has 1 aromatic rings. The Morgan fingerprint density at radius 1 is 1.05 bits per heavy atom. The monoisotopic (exact) mass is 276 g/mol. The molecule has 0 aliphatic carbocycles. The van der Waals surface area contributed by atoms with Crippen molar-refractivity contribution in [2.75, 3.05) is 20.1 Å². The van der Waals surface area contributed by atoms with E-state index in [0.717, 1.165) is 13.0 Å². The summed E-state index contributed by atoms with van der Waals surface area (Å²) >= 11 is 0. The Hall–Kier alpha value is -0.860. The molecule has 0 aliphatic rings. The van der Waals surface area contributed by atoms with E-state index in [0.29, 0.717) is 12.1 Å². The van der Waals surface area contributed by atoms with Gasteiger partial charge in [-0.25, -0.2) is 0 Å². The fourth-order valence-electron chi connectivity index (χ4n) is 2.22. The summed E-state index contributed by atoms with van der Waals surface area (Å²) in [5, 5.41) is 3.62. The highest BCUT2D eigenvalue weighted by molar-refractivity contribution is 5.24. The van der Waals surface area contributed by atoms with Crippen molar-refractivity contribution in [3.63, 3.8) is 0 Å². The fourth-order valence-corrected chi connectivity index (χ4v) is 2.22. The second-order valence-electron chi connectivity index (χ2n) is 6.05. The third-order valence-corrected chi connectivity index (χ3v) is 4.16. The molecule has 1 unspecified atom stereocenters. The van der Waals surface area contributed by atoms with Crippen LogP contribution in [0.5, 0.6) is 0 Å². The third-order valence-electron chi connectivity index (χ3n) is 4.16. The Morgan fingerprint density at radius 2 is 1.70 bits per heavy atom. The molecule has 20 heavy (non-hydrogen) atoms. The topological polar surface area (TPSA) is 15.3 Å². The number of hydrogen-bond donors (Lipinski definition) is 1. The van der Waals surface area contributed by atoms with E-state index in [2.05, 4.69) is 69.2 Å². The lowest BCUT2D eigenvalue weighted by molar-refractivity contribution is 0.267. The molecule has 2 heteroatoms. The van der Waals surface area contributed by atoms with Gasteiger partial charge in [-0.3, -0.25) is 0 Å². The van der Waals surface area contributed by atoms with Gasteiger partial charge in [-0.05, 0) is 71.3 Å². The van der Waals surface area contributed by atoms with E-state index in [1.165, 1.54) is 30.5 Å². The number of unbranched alkanes of at least 4 members (excludes halogenated alkanes) is 1. The third kappa shape index (κ3) is 6.06. The Labute approximate surface area is 125 Å². The zero-order valence-electron chi connectivity index (χ0n) is 13.9.